The van der Waals surface area contributed by atoms with Crippen molar-refractivity contribution in [1.29, 1.82) is 0 Å². The minimum atomic E-state index is -0.999. The summed E-state index contributed by atoms with van der Waals surface area (Å²) in [6.07, 6.45) is 1.81. The molecule has 4 aromatic rings. The van der Waals surface area contributed by atoms with Crippen molar-refractivity contribution in [2.24, 2.45) is 5.92 Å². The van der Waals surface area contributed by atoms with Gasteiger partial charge in [0.25, 0.3) is 0 Å². The van der Waals surface area contributed by atoms with E-state index >= 15 is 0 Å². The first-order valence-electron chi connectivity index (χ1n) is 10.5. The average molecular weight is 448 g/mol. The van der Waals surface area contributed by atoms with E-state index in [0.717, 1.165) is 11.6 Å². The zero-order valence-electron chi connectivity index (χ0n) is 18.0. The molecule has 2 heterocycles. The molecule has 5 nitrogen and oxygen atoms in total. The number of halogens is 2. The molecule has 1 atom stereocenters. The van der Waals surface area contributed by atoms with Crippen molar-refractivity contribution >= 4 is 5.97 Å². The maximum Gasteiger partial charge on any atom is 0.307 e. The van der Waals surface area contributed by atoms with Gasteiger partial charge in [0.05, 0.1) is 29.2 Å². The molecular weight excluding hydrogens is 426 g/mol. The fourth-order valence-electron chi connectivity index (χ4n) is 3.70. The Hall–Kier alpha value is -3.87. The minimum absolute atomic E-state index is 0.0151. The van der Waals surface area contributed by atoms with Crippen LogP contribution in [0, 0.1) is 24.5 Å². The van der Waals surface area contributed by atoms with Crippen LogP contribution in [0.25, 0.3) is 11.3 Å². The average Bonchev–Trinajstić information content (AvgIpc) is 3.22. The van der Waals surface area contributed by atoms with Gasteiger partial charge >= 0.3 is 5.97 Å². The number of aromatic nitrogens is 2. The first-order chi connectivity index (χ1) is 15.9. The van der Waals surface area contributed by atoms with Crippen LogP contribution in [0.3, 0.4) is 0 Å². The van der Waals surface area contributed by atoms with Crippen LogP contribution >= 0.6 is 0 Å². The molecule has 2 aromatic heterocycles. The molecule has 0 amide bonds. The van der Waals surface area contributed by atoms with Gasteiger partial charge in [0, 0.05) is 24.8 Å². The molecule has 0 aliphatic rings. The summed E-state index contributed by atoms with van der Waals surface area (Å²) in [5, 5.41) is 9.80. The van der Waals surface area contributed by atoms with Gasteiger partial charge in [-0.25, -0.2) is 13.8 Å². The Bertz CT molecular complexity index is 1270. The van der Waals surface area contributed by atoms with Crippen molar-refractivity contribution in [3.8, 4) is 11.3 Å². The van der Waals surface area contributed by atoms with Crippen LogP contribution in [0.2, 0.25) is 0 Å². The van der Waals surface area contributed by atoms with Gasteiger partial charge < -0.3 is 9.52 Å². The van der Waals surface area contributed by atoms with Crippen LogP contribution in [0.5, 0.6) is 0 Å². The van der Waals surface area contributed by atoms with Gasteiger partial charge in [-0.1, -0.05) is 42.5 Å². The predicted octanol–water partition coefficient (Wildman–Crippen LogP) is 5.40. The molecule has 1 N–H and O–H groups in total. The first kappa shape index (κ1) is 22.3. The molecule has 0 bridgehead atoms. The second-order valence-corrected chi connectivity index (χ2v) is 7.86. The number of benzene rings is 2. The molecule has 0 fully saturated rings. The number of furan rings is 1. The fourth-order valence-corrected chi connectivity index (χ4v) is 3.70. The second-order valence-electron chi connectivity index (χ2n) is 7.86. The van der Waals surface area contributed by atoms with Crippen molar-refractivity contribution in [1.82, 2.24) is 9.97 Å². The van der Waals surface area contributed by atoms with Gasteiger partial charge in [0.15, 0.2) is 11.6 Å². The molecule has 1 unspecified atom stereocenters. The standard InChI is InChI=1S/C26H22F2N2O3/c1-16-10-11-20(33-16)12-19(26(31)32)14-22-23(13-18-8-5-9-21(27)25(18)28)30-24(15-29-22)17-6-3-2-4-7-17/h2-11,15,19H,12-14H2,1H3,(H,31,32). The van der Waals surface area contributed by atoms with E-state index in [4.69, 9.17) is 4.42 Å². The lowest BCUT2D eigenvalue weighted by atomic mass is 9.95. The zero-order valence-corrected chi connectivity index (χ0v) is 18.0. The lowest BCUT2D eigenvalue weighted by molar-refractivity contribution is -0.141. The van der Waals surface area contributed by atoms with Crippen molar-refractivity contribution in [3.05, 3.63) is 107 Å². The van der Waals surface area contributed by atoms with Crippen LogP contribution in [0.4, 0.5) is 8.78 Å². The molecule has 7 heteroatoms. The van der Waals surface area contributed by atoms with E-state index in [-0.39, 0.29) is 24.8 Å². The van der Waals surface area contributed by atoms with Crippen LogP contribution in [0.15, 0.2) is 71.3 Å². The zero-order chi connectivity index (χ0) is 23.4. The van der Waals surface area contributed by atoms with Crippen LogP contribution < -0.4 is 0 Å². The smallest absolute Gasteiger partial charge is 0.307 e. The van der Waals surface area contributed by atoms with E-state index < -0.39 is 23.5 Å². The Kier molecular flexibility index (Phi) is 6.58. The topological polar surface area (TPSA) is 76.2 Å². The molecular formula is C26H22F2N2O3. The molecule has 0 saturated carbocycles. The summed E-state index contributed by atoms with van der Waals surface area (Å²) in [5.41, 5.74) is 2.35. The number of rotatable bonds is 8. The van der Waals surface area contributed by atoms with Gasteiger partial charge in [0.1, 0.15) is 11.5 Å². The normalized spacial score (nSPS) is 12.0. The molecule has 33 heavy (non-hydrogen) atoms. The van der Waals surface area contributed by atoms with E-state index in [1.807, 2.05) is 30.3 Å². The summed E-state index contributed by atoms with van der Waals surface area (Å²) in [6, 6.07) is 16.8. The predicted molar refractivity (Wildman–Crippen MR) is 119 cm³/mol. The number of carbonyl (C=O) groups is 1. The number of nitrogens with zero attached hydrogens (tertiary/aromatic N) is 2. The van der Waals surface area contributed by atoms with Gasteiger partial charge in [0.2, 0.25) is 0 Å². The largest absolute Gasteiger partial charge is 0.481 e. The molecule has 0 spiro atoms. The van der Waals surface area contributed by atoms with E-state index in [2.05, 4.69) is 9.97 Å². The number of carboxylic acid groups (broad SMARTS) is 1. The quantitative estimate of drug-likeness (QED) is 0.391. The lowest BCUT2D eigenvalue weighted by Gasteiger charge is -2.15. The Morgan fingerprint density at radius 3 is 2.48 bits per heavy atom. The second kappa shape index (κ2) is 9.73. The van der Waals surface area contributed by atoms with E-state index in [1.54, 1.807) is 25.3 Å². The number of aliphatic carboxylic acids is 1. The molecule has 0 aliphatic carbocycles. The number of hydrogen-bond acceptors (Lipinski definition) is 4. The third-order valence-corrected chi connectivity index (χ3v) is 5.42. The van der Waals surface area contributed by atoms with Crippen molar-refractivity contribution in [2.75, 3.05) is 0 Å². The highest BCUT2D eigenvalue weighted by Gasteiger charge is 2.24. The van der Waals surface area contributed by atoms with Crippen LogP contribution in [-0.2, 0) is 24.1 Å². The molecule has 0 saturated heterocycles. The number of carboxylic acids is 1. The van der Waals surface area contributed by atoms with E-state index in [0.29, 0.717) is 28.6 Å². The van der Waals surface area contributed by atoms with Crippen molar-refractivity contribution in [2.45, 2.75) is 26.2 Å². The third-order valence-electron chi connectivity index (χ3n) is 5.42. The SMILES string of the molecule is Cc1ccc(CC(Cc2ncc(-c3ccccc3)nc2Cc2cccc(F)c2F)C(=O)O)o1. The highest BCUT2D eigenvalue weighted by molar-refractivity contribution is 5.70. The minimum Gasteiger partial charge on any atom is -0.481 e. The van der Waals surface area contributed by atoms with Crippen molar-refractivity contribution < 1.29 is 23.1 Å². The van der Waals surface area contributed by atoms with Gasteiger partial charge in [-0.15, -0.1) is 0 Å². The summed E-state index contributed by atoms with van der Waals surface area (Å²) in [5.74, 6) is -2.45. The number of aryl methyl sites for hydroxylation is 1. The summed E-state index contributed by atoms with van der Waals surface area (Å²) in [7, 11) is 0. The number of hydrogen-bond donors (Lipinski definition) is 1. The maximum atomic E-state index is 14.4. The molecule has 4 rings (SSSR count). The van der Waals surface area contributed by atoms with Gasteiger partial charge in [-0.3, -0.25) is 9.78 Å². The Labute approximate surface area is 189 Å². The Morgan fingerprint density at radius 1 is 1.00 bits per heavy atom. The van der Waals surface area contributed by atoms with E-state index in [9.17, 15) is 18.7 Å². The van der Waals surface area contributed by atoms with Gasteiger partial charge in [-0.05, 0) is 30.7 Å². The van der Waals surface area contributed by atoms with Crippen LogP contribution in [0.1, 0.15) is 28.5 Å². The highest BCUT2D eigenvalue weighted by atomic mass is 19.2. The third kappa shape index (κ3) is 5.31. The summed E-state index contributed by atoms with van der Waals surface area (Å²) in [4.78, 5) is 21.1. The van der Waals surface area contributed by atoms with E-state index in [1.165, 1.54) is 12.1 Å². The summed E-state index contributed by atoms with van der Waals surface area (Å²) in [6.45, 7) is 1.79. The molecule has 0 radical (unpaired) electrons. The summed E-state index contributed by atoms with van der Waals surface area (Å²) < 4.78 is 33.7. The lowest BCUT2D eigenvalue weighted by Crippen LogP contribution is -2.21. The van der Waals surface area contributed by atoms with Gasteiger partial charge in [-0.2, -0.15) is 0 Å². The Balaban J connectivity index is 1.70. The highest BCUT2D eigenvalue weighted by Crippen LogP contribution is 2.24. The Morgan fingerprint density at radius 2 is 1.79 bits per heavy atom. The fraction of sp³-hybridized carbons (Fsp3) is 0.192. The monoisotopic (exact) mass is 448 g/mol. The molecule has 0 aliphatic heterocycles. The molecule has 2 aromatic carbocycles. The first-order valence-corrected chi connectivity index (χ1v) is 10.5. The maximum absolute atomic E-state index is 14.4. The van der Waals surface area contributed by atoms with Crippen molar-refractivity contribution in [3.63, 3.8) is 0 Å². The summed E-state index contributed by atoms with van der Waals surface area (Å²) >= 11 is 0. The molecule has 168 valence electrons. The van der Waals surface area contributed by atoms with Crippen LogP contribution in [-0.4, -0.2) is 21.0 Å².